The zero-order chi connectivity index (χ0) is 13.0. The number of halogens is 2. The molecular formula is C13H13Cl2N3. The van der Waals surface area contributed by atoms with Gasteiger partial charge in [0, 0.05) is 40.2 Å². The number of nitrogens with zero attached hydrogens (tertiary/aromatic N) is 1. The Kier molecular flexibility index (Phi) is 4.28. The summed E-state index contributed by atoms with van der Waals surface area (Å²) < 4.78 is 0. The van der Waals surface area contributed by atoms with E-state index in [9.17, 15) is 0 Å². The predicted molar refractivity (Wildman–Crippen MR) is 78.1 cm³/mol. The third-order valence-electron chi connectivity index (χ3n) is 2.27. The van der Waals surface area contributed by atoms with E-state index in [1.165, 1.54) is 0 Å². The van der Waals surface area contributed by atoms with Gasteiger partial charge >= 0.3 is 0 Å². The summed E-state index contributed by atoms with van der Waals surface area (Å²) in [5.74, 6) is 0.829. The third-order valence-corrected chi connectivity index (χ3v) is 2.71. The summed E-state index contributed by atoms with van der Waals surface area (Å²) in [6.45, 7) is 2.86. The average molecular weight is 282 g/mol. The van der Waals surface area contributed by atoms with Crippen LogP contribution >= 0.6 is 23.2 Å². The molecule has 0 spiro atoms. The number of pyridine rings is 1. The molecule has 0 aliphatic rings. The second-order valence-corrected chi connectivity index (χ2v) is 4.62. The van der Waals surface area contributed by atoms with Gasteiger partial charge in [0.15, 0.2) is 0 Å². The van der Waals surface area contributed by atoms with Crippen LogP contribution in [-0.4, -0.2) is 11.5 Å². The standard InChI is InChI=1S/C13H13Cl2N3/c1-2-16-13-8-11(3-4-17-13)18-12-6-9(14)5-10(15)7-12/h3-8H,2H2,1H3,(H2,16,17,18). The fourth-order valence-corrected chi connectivity index (χ4v) is 2.10. The number of anilines is 3. The molecule has 0 saturated carbocycles. The monoisotopic (exact) mass is 281 g/mol. The Morgan fingerprint density at radius 3 is 2.44 bits per heavy atom. The van der Waals surface area contributed by atoms with Crippen LogP contribution in [0.5, 0.6) is 0 Å². The minimum atomic E-state index is 0.603. The smallest absolute Gasteiger partial charge is 0.127 e. The molecule has 2 rings (SSSR count). The lowest BCUT2D eigenvalue weighted by Gasteiger charge is -2.09. The van der Waals surface area contributed by atoms with Crippen LogP contribution in [-0.2, 0) is 0 Å². The van der Waals surface area contributed by atoms with Gasteiger partial charge in [-0.2, -0.15) is 0 Å². The van der Waals surface area contributed by atoms with Gasteiger partial charge in [-0.1, -0.05) is 23.2 Å². The van der Waals surface area contributed by atoms with Crippen molar-refractivity contribution < 1.29 is 0 Å². The molecule has 0 fully saturated rings. The Bertz CT molecular complexity index is 523. The van der Waals surface area contributed by atoms with E-state index in [2.05, 4.69) is 15.6 Å². The Hall–Kier alpha value is -1.45. The molecule has 1 heterocycles. The highest BCUT2D eigenvalue weighted by Crippen LogP contribution is 2.25. The highest BCUT2D eigenvalue weighted by atomic mass is 35.5. The van der Waals surface area contributed by atoms with Gasteiger partial charge < -0.3 is 10.6 Å². The minimum Gasteiger partial charge on any atom is -0.370 e. The Morgan fingerprint density at radius 1 is 1.06 bits per heavy atom. The van der Waals surface area contributed by atoms with E-state index in [-0.39, 0.29) is 0 Å². The third kappa shape index (κ3) is 3.52. The second-order valence-electron chi connectivity index (χ2n) is 3.74. The molecule has 0 unspecified atom stereocenters. The van der Waals surface area contributed by atoms with Crippen LogP contribution in [0.4, 0.5) is 17.2 Å². The summed E-state index contributed by atoms with van der Waals surface area (Å²) in [6, 6.07) is 9.15. The Labute approximate surface area is 116 Å². The van der Waals surface area contributed by atoms with Crippen LogP contribution in [0, 0.1) is 0 Å². The molecule has 1 aromatic heterocycles. The van der Waals surface area contributed by atoms with Crippen molar-refractivity contribution in [2.45, 2.75) is 6.92 Å². The lowest BCUT2D eigenvalue weighted by molar-refractivity contribution is 1.16. The molecule has 94 valence electrons. The molecule has 0 aliphatic heterocycles. The summed E-state index contributed by atoms with van der Waals surface area (Å²) in [5.41, 5.74) is 1.78. The van der Waals surface area contributed by atoms with Crippen molar-refractivity contribution in [1.82, 2.24) is 4.98 Å². The van der Waals surface area contributed by atoms with Gasteiger partial charge in [0.2, 0.25) is 0 Å². The van der Waals surface area contributed by atoms with Crippen LogP contribution in [0.25, 0.3) is 0 Å². The number of hydrogen-bond acceptors (Lipinski definition) is 3. The van der Waals surface area contributed by atoms with E-state index >= 15 is 0 Å². The maximum atomic E-state index is 5.95. The Balaban J connectivity index is 2.20. The zero-order valence-corrected chi connectivity index (χ0v) is 11.4. The van der Waals surface area contributed by atoms with Gasteiger partial charge in [0.1, 0.15) is 5.82 Å². The Morgan fingerprint density at radius 2 is 1.78 bits per heavy atom. The first kappa shape index (κ1) is 13.0. The fourth-order valence-electron chi connectivity index (χ4n) is 1.58. The molecule has 0 saturated heterocycles. The van der Waals surface area contributed by atoms with Crippen molar-refractivity contribution in [1.29, 1.82) is 0 Å². The molecule has 0 bridgehead atoms. The van der Waals surface area contributed by atoms with Crippen molar-refractivity contribution in [2.24, 2.45) is 0 Å². The van der Waals surface area contributed by atoms with Crippen molar-refractivity contribution in [3.63, 3.8) is 0 Å². The summed E-state index contributed by atoms with van der Waals surface area (Å²) in [4.78, 5) is 4.20. The van der Waals surface area contributed by atoms with E-state index in [4.69, 9.17) is 23.2 Å². The van der Waals surface area contributed by atoms with Crippen LogP contribution in [0.2, 0.25) is 10.0 Å². The van der Waals surface area contributed by atoms with Gasteiger partial charge in [-0.05, 0) is 31.2 Å². The van der Waals surface area contributed by atoms with Gasteiger partial charge in [-0.25, -0.2) is 4.98 Å². The number of hydrogen-bond donors (Lipinski definition) is 2. The van der Waals surface area contributed by atoms with Crippen LogP contribution in [0.3, 0.4) is 0 Å². The number of aromatic nitrogens is 1. The number of rotatable bonds is 4. The maximum absolute atomic E-state index is 5.95. The van der Waals surface area contributed by atoms with Gasteiger partial charge in [0.05, 0.1) is 0 Å². The number of benzene rings is 1. The fraction of sp³-hybridized carbons (Fsp3) is 0.154. The normalized spacial score (nSPS) is 10.2. The van der Waals surface area contributed by atoms with Crippen molar-refractivity contribution in [2.75, 3.05) is 17.2 Å². The predicted octanol–water partition coefficient (Wildman–Crippen LogP) is 4.56. The SMILES string of the molecule is CCNc1cc(Nc2cc(Cl)cc(Cl)c2)ccn1. The first-order valence-corrected chi connectivity index (χ1v) is 6.36. The molecule has 0 atom stereocenters. The van der Waals surface area contributed by atoms with E-state index in [0.29, 0.717) is 10.0 Å². The maximum Gasteiger partial charge on any atom is 0.127 e. The molecule has 0 amide bonds. The summed E-state index contributed by atoms with van der Waals surface area (Å²) in [6.07, 6.45) is 1.74. The highest BCUT2D eigenvalue weighted by molar-refractivity contribution is 6.35. The van der Waals surface area contributed by atoms with E-state index in [1.807, 2.05) is 31.2 Å². The quantitative estimate of drug-likeness (QED) is 0.862. The van der Waals surface area contributed by atoms with E-state index < -0.39 is 0 Å². The zero-order valence-electron chi connectivity index (χ0n) is 9.87. The summed E-state index contributed by atoms with van der Waals surface area (Å²) >= 11 is 11.9. The van der Waals surface area contributed by atoms with Crippen molar-refractivity contribution >= 4 is 40.4 Å². The molecule has 5 heteroatoms. The van der Waals surface area contributed by atoms with E-state index in [1.54, 1.807) is 12.3 Å². The topological polar surface area (TPSA) is 37.0 Å². The average Bonchev–Trinajstić information content (AvgIpc) is 2.28. The van der Waals surface area contributed by atoms with Gasteiger partial charge in [-0.15, -0.1) is 0 Å². The van der Waals surface area contributed by atoms with Crippen molar-refractivity contribution in [3.05, 3.63) is 46.6 Å². The highest BCUT2D eigenvalue weighted by Gasteiger charge is 2.00. The lowest BCUT2D eigenvalue weighted by atomic mass is 10.3. The second kappa shape index (κ2) is 5.94. The van der Waals surface area contributed by atoms with Crippen LogP contribution < -0.4 is 10.6 Å². The first-order chi connectivity index (χ1) is 8.67. The van der Waals surface area contributed by atoms with Crippen molar-refractivity contribution in [3.8, 4) is 0 Å². The molecule has 1 aromatic carbocycles. The molecule has 2 aromatic rings. The molecule has 18 heavy (non-hydrogen) atoms. The number of nitrogens with one attached hydrogen (secondary N) is 2. The molecular weight excluding hydrogens is 269 g/mol. The van der Waals surface area contributed by atoms with Gasteiger partial charge in [0.25, 0.3) is 0 Å². The minimum absolute atomic E-state index is 0.603. The first-order valence-electron chi connectivity index (χ1n) is 5.60. The summed E-state index contributed by atoms with van der Waals surface area (Å²) in [5, 5.41) is 7.59. The molecule has 3 nitrogen and oxygen atoms in total. The lowest BCUT2D eigenvalue weighted by Crippen LogP contribution is -1.99. The van der Waals surface area contributed by atoms with Crippen LogP contribution in [0.15, 0.2) is 36.5 Å². The van der Waals surface area contributed by atoms with Gasteiger partial charge in [-0.3, -0.25) is 0 Å². The molecule has 0 radical (unpaired) electrons. The summed E-state index contributed by atoms with van der Waals surface area (Å²) in [7, 11) is 0. The molecule has 2 N–H and O–H groups in total. The largest absolute Gasteiger partial charge is 0.370 e. The van der Waals surface area contributed by atoms with Crippen LogP contribution in [0.1, 0.15) is 6.92 Å². The molecule has 0 aliphatic carbocycles. The van der Waals surface area contributed by atoms with E-state index in [0.717, 1.165) is 23.7 Å².